The molecular weight excluding hydrogens is 223 g/mol. The van der Waals surface area contributed by atoms with E-state index in [0.717, 1.165) is 5.56 Å². The van der Waals surface area contributed by atoms with Crippen LogP contribution in [-0.2, 0) is 16.1 Å². The minimum absolute atomic E-state index is 0.0307. The number of carbonyl (C=O) groups is 1. The molecule has 90 valence electrons. The van der Waals surface area contributed by atoms with Crippen molar-refractivity contribution in [2.24, 2.45) is 0 Å². The van der Waals surface area contributed by atoms with Gasteiger partial charge in [-0.1, -0.05) is 6.07 Å². The van der Waals surface area contributed by atoms with Gasteiger partial charge in [0.2, 0.25) is 0 Å². The van der Waals surface area contributed by atoms with Crippen LogP contribution < -0.4 is 0 Å². The SMILES string of the molecule is CCOC(=O)CN1Cc2ccc(F)cc2C1=N. The summed E-state index contributed by atoms with van der Waals surface area (Å²) in [6.07, 6.45) is 0. The molecule has 17 heavy (non-hydrogen) atoms. The molecule has 0 radical (unpaired) electrons. The Hall–Kier alpha value is -1.91. The van der Waals surface area contributed by atoms with Gasteiger partial charge in [0.15, 0.2) is 0 Å². The molecule has 1 aromatic rings. The van der Waals surface area contributed by atoms with Crippen LogP contribution in [0.2, 0.25) is 0 Å². The molecule has 0 aromatic heterocycles. The molecule has 0 aliphatic carbocycles. The van der Waals surface area contributed by atoms with Gasteiger partial charge < -0.3 is 9.64 Å². The molecule has 4 nitrogen and oxygen atoms in total. The van der Waals surface area contributed by atoms with Gasteiger partial charge in [-0.15, -0.1) is 0 Å². The molecule has 1 aliphatic heterocycles. The lowest BCUT2D eigenvalue weighted by atomic mass is 10.1. The summed E-state index contributed by atoms with van der Waals surface area (Å²) in [4.78, 5) is 12.9. The number of nitrogens with zero attached hydrogens (tertiary/aromatic N) is 1. The molecule has 0 spiro atoms. The number of amidine groups is 1. The zero-order chi connectivity index (χ0) is 12.4. The number of fused-ring (bicyclic) bond motifs is 1. The molecule has 0 fully saturated rings. The van der Waals surface area contributed by atoms with Crippen molar-refractivity contribution in [1.29, 1.82) is 5.41 Å². The van der Waals surface area contributed by atoms with Crippen molar-refractivity contribution >= 4 is 11.8 Å². The van der Waals surface area contributed by atoms with Crippen LogP contribution in [0.3, 0.4) is 0 Å². The summed E-state index contributed by atoms with van der Waals surface area (Å²) in [6, 6.07) is 4.33. The lowest BCUT2D eigenvalue weighted by Crippen LogP contribution is -2.31. The van der Waals surface area contributed by atoms with Gasteiger partial charge in [0.05, 0.1) is 6.61 Å². The second-order valence-corrected chi connectivity index (χ2v) is 3.81. The maximum Gasteiger partial charge on any atom is 0.325 e. The first-order valence-electron chi connectivity index (χ1n) is 5.39. The number of halogens is 1. The van der Waals surface area contributed by atoms with Gasteiger partial charge in [-0.3, -0.25) is 10.2 Å². The second kappa shape index (κ2) is 4.53. The van der Waals surface area contributed by atoms with E-state index in [1.54, 1.807) is 17.9 Å². The lowest BCUT2D eigenvalue weighted by Gasteiger charge is -2.16. The molecule has 0 unspecified atom stereocenters. The Labute approximate surface area is 98.5 Å². The summed E-state index contributed by atoms with van der Waals surface area (Å²) in [5, 5.41) is 7.86. The molecule has 0 amide bonds. The molecule has 5 heteroatoms. The number of nitrogens with one attached hydrogen (secondary N) is 1. The van der Waals surface area contributed by atoms with E-state index in [9.17, 15) is 9.18 Å². The van der Waals surface area contributed by atoms with Crippen LogP contribution in [-0.4, -0.2) is 29.9 Å². The number of carbonyl (C=O) groups excluding carboxylic acids is 1. The van der Waals surface area contributed by atoms with Gasteiger partial charge >= 0.3 is 5.97 Å². The second-order valence-electron chi connectivity index (χ2n) is 3.81. The Kier molecular flexibility index (Phi) is 3.08. The van der Waals surface area contributed by atoms with Gasteiger partial charge in [-0.25, -0.2) is 4.39 Å². The number of rotatable bonds is 3. The Morgan fingerprint density at radius 3 is 3.06 bits per heavy atom. The average molecular weight is 236 g/mol. The third-order valence-corrected chi connectivity index (χ3v) is 2.63. The summed E-state index contributed by atoms with van der Waals surface area (Å²) < 4.78 is 17.9. The Morgan fingerprint density at radius 2 is 2.35 bits per heavy atom. The summed E-state index contributed by atoms with van der Waals surface area (Å²) in [6.45, 7) is 2.54. The first kappa shape index (κ1) is 11.6. The van der Waals surface area contributed by atoms with Crippen molar-refractivity contribution < 1.29 is 13.9 Å². The highest BCUT2D eigenvalue weighted by Crippen LogP contribution is 2.23. The van der Waals surface area contributed by atoms with Crippen molar-refractivity contribution in [3.05, 3.63) is 35.1 Å². The van der Waals surface area contributed by atoms with E-state index < -0.39 is 0 Å². The normalized spacial score (nSPS) is 13.8. The highest BCUT2D eigenvalue weighted by atomic mass is 19.1. The van der Waals surface area contributed by atoms with Gasteiger partial charge in [0.25, 0.3) is 0 Å². The number of ether oxygens (including phenoxy) is 1. The molecule has 1 aromatic carbocycles. The third-order valence-electron chi connectivity index (χ3n) is 2.63. The zero-order valence-corrected chi connectivity index (χ0v) is 9.50. The number of hydrogen-bond acceptors (Lipinski definition) is 3. The number of esters is 1. The summed E-state index contributed by atoms with van der Waals surface area (Å²) in [7, 11) is 0. The molecule has 0 saturated heterocycles. The van der Waals surface area contributed by atoms with Crippen LogP contribution in [0.15, 0.2) is 18.2 Å². The smallest absolute Gasteiger partial charge is 0.325 e. The Balaban J connectivity index is 2.12. The average Bonchev–Trinajstić information content (AvgIpc) is 2.57. The highest BCUT2D eigenvalue weighted by Gasteiger charge is 2.26. The molecule has 0 saturated carbocycles. The van der Waals surface area contributed by atoms with E-state index in [4.69, 9.17) is 10.1 Å². The maximum absolute atomic E-state index is 13.0. The molecule has 0 atom stereocenters. The predicted octanol–water partition coefficient (Wildman–Crippen LogP) is 1.53. The van der Waals surface area contributed by atoms with Crippen LogP contribution in [0.5, 0.6) is 0 Å². The van der Waals surface area contributed by atoms with Gasteiger partial charge in [-0.05, 0) is 24.6 Å². The van der Waals surface area contributed by atoms with E-state index in [-0.39, 0.29) is 24.2 Å². The van der Waals surface area contributed by atoms with E-state index >= 15 is 0 Å². The first-order chi connectivity index (χ1) is 8.11. The monoisotopic (exact) mass is 236 g/mol. The molecular formula is C12H13FN2O2. The topological polar surface area (TPSA) is 53.4 Å². The third kappa shape index (κ3) is 2.27. The molecule has 1 heterocycles. The van der Waals surface area contributed by atoms with E-state index in [0.29, 0.717) is 18.7 Å². The molecule has 1 aliphatic rings. The Morgan fingerprint density at radius 1 is 1.59 bits per heavy atom. The van der Waals surface area contributed by atoms with Gasteiger partial charge in [-0.2, -0.15) is 0 Å². The minimum Gasteiger partial charge on any atom is -0.465 e. The molecule has 1 N–H and O–H groups in total. The fourth-order valence-corrected chi connectivity index (χ4v) is 1.86. The van der Waals surface area contributed by atoms with E-state index in [1.807, 2.05) is 0 Å². The quantitative estimate of drug-likeness (QED) is 0.810. The zero-order valence-electron chi connectivity index (χ0n) is 9.50. The molecule has 0 bridgehead atoms. The Bertz CT molecular complexity index is 474. The van der Waals surface area contributed by atoms with E-state index in [2.05, 4.69) is 0 Å². The standard InChI is InChI=1S/C12H13FN2O2/c1-2-17-11(16)7-15-6-8-3-4-9(13)5-10(8)12(15)14/h3-5,14H,2,6-7H2,1H3. The van der Waals surface area contributed by atoms with Crippen molar-refractivity contribution in [2.45, 2.75) is 13.5 Å². The van der Waals surface area contributed by atoms with Crippen LogP contribution in [0.1, 0.15) is 18.1 Å². The fraction of sp³-hybridized carbons (Fsp3) is 0.333. The van der Waals surface area contributed by atoms with Gasteiger partial charge in [0.1, 0.15) is 18.2 Å². The minimum atomic E-state index is -0.370. The van der Waals surface area contributed by atoms with Crippen molar-refractivity contribution in [3.63, 3.8) is 0 Å². The van der Waals surface area contributed by atoms with Crippen LogP contribution in [0, 0.1) is 11.2 Å². The van der Waals surface area contributed by atoms with Crippen molar-refractivity contribution in [1.82, 2.24) is 4.90 Å². The summed E-state index contributed by atoms with van der Waals surface area (Å²) in [5.74, 6) is -0.565. The molecule has 2 rings (SSSR count). The van der Waals surface area contributed by atoms with E-state index in [1.165, 1.54) is 12.1 Å². The fourth-order valence-electron chi connectivity index (χ4n) is 1.86. The number of hydrogen-bond donors (Lipinski definition) is 1. The maximum atomic E-state index is 13.0. The van der Waals surface area contributed by atoms with Crippen LogP contribution in [0.4, 0.5) is 4.39 Å². The highest BCUT2D eigenvalue weighted by molar-refractivity contribution is 6.01. The predicted molar refractivity (Wildman–Crippen MR) is 60.3 cm³/mol. The van der Waals surface area contributed by atoms with Crippen LogP contribution >= 0.6 is 0 Å². The lowest BCUT2D eigenvalue weighted by molar-refractivity contribution is -0.143. The van der Waals surface area contributed by atoms with Crippen molar-refractivity contribution in [3.8, 4) is 0 Å². The summed E-state index contributed by atoms with van der Waals surface area (Å²) in [5.41, 5.74) is 1.41. The summed E-state index contributed by atoms with van der Waals surface area (Å²) >= 11 is 0. The number of benzene rings is 1. The van der Waals surface area contributed by atoms with Gasteiger partial charge in [0, 0.05) is 12.1 Å². The largest absolute Gasteiger partial charge is 0.465 e. The van der Waals surface area contributed by atoms with Crippen molar-refractivity contribution in [2.75, 3.05) is 13.2 Å². The van der Waals surface area contributed by atoms with Crippen LogP contribution in [0.25, 0.3) is 0 Å². The first-order valence-corrected chi connectivity index (χ1v) is 5.39.